The number of carbonyl (C=O) groups excluding carboxylic acids is 1. The van der Waals surface area contributed by atoms with Gasteiger partial charge in [0.1, 0.15) is 0 Å². The molecule has 23 heavy (non-hydrogen) atoms. The smallest absolute Gasteiger partial charge is 0.220 e. The van der Waals surface area contributed by atoms with Crippen molar-refractivity contribution in [1.29, 1.82) is 0 Å². The van der Waals surface area contributed by atoms with Crippen molar-refractivity contribution in [3.63, 3.8) is 0 Å². The van der Waals surface area contributed by atoms with Crippen molar-refractivity contribution in [3.05, 3.63) is 23.8 Å². The van der Waals surface area contributed by atoms with Gasteiger partial charge < -0.3 is 25.6 Å². The lowest BCUT2D eigenvalue weighted by molar-refractivity contribution is -0.121. The summed E-state index contributed by atoms with van der Waals surface area (Å²) in [5.41, 5.74) is 9.12. The molecule has 1 heterocycles. The van der Waals surface area contributed by atoms with E-state index in [0.29, 0.717) is 19.4 Å². The Bertz CT molecular complexity index is 513. The first-order valence-corrected chi connectivity index (χ1v) is 8.19. The van der Waals surface area contributed by atoms with Gasteiger partial charge in [0.05, 0.1) is 24.6 Å². The highest BCUT2D eigenvalue weighted by Gasteiger charge is 2.14. The lowest BCUT2D eigenvalue weighted by Crippen LogP contribution is -2.36. The van der Waals surface area contributed by atoms with E-state index in [4.69, 9.17) is 10.5 Å². The molecule has 0 aliphatic carbocycles. The predicted molar refractivity (Wildman–Crippen MR) is 93.8 cm³/mol. The van der Waals surface area contributed by atoms with Crippen molar-refractivity contribution in [2.24, 2.45) is 0 Å². The van der Waals surface area contributed by atoms with Crippen LogP contribution in [0.15, 0.2) is 18.2 Å². The third kappa shape index (κ3) is 5.73. The second-order valence-electron chi connectivity index (χ2n) is 6.15. The Hall–Kier alpha value is -1.79. The standard InChI is InChI=1S/C17H28N4O2/c1-20(2)8-7-19-17(22)6-4-14-3-5-16(15(18)13-14)21-9-11-23-12-10-21/h3,5,13H,4,6-12,18H2,1-2H3,(H,19,22). The van der Waals surface area contributed by atoms with Crippen molar-refractivity contribution < 1.29 is 9.53 Å². The number of carbonyl (C=O) groups is 1. The zero-order valence-electron chi connectivity index (χ0n) is 14.2. The zero-order chi connectivity index (χ0) is 16.7. The zero-order valence-corrected chi connectivity index (χ0v) is 14.2. The van der Waals surface area contributed by atoms with Gasteiger partial charge in [-0.3, -0.25) is 4.79 Å². The molecule has 1 aromatic rings. The number of nitrogens with two attached hydrogens (primary N) is 1. The van der Waals surface area contributed by atoms with E-state index in [9.17, 15) is 4.79 Å². The molecule has 1 saturated heterocycles. The van der Waals surface area contributed by atoms with E-state index in [-0.39, 0.29) is 5.91 Å². The second kappa shape index (κ2) is 8.74. The van der Waals surface area contributed by atoms with E-state index in [0.717, 1.165) is 49.8 Å². The Morgan fingerprint density at radius 2 is 2.09 bits per heavy atom. The molecule has 3 N–H and O–H groups in total. The number of anilines is 2. The third-order valence-corrected chi connectivity index (χ3v) is 3.97. The number of nitrogens with zero attached hydrogens (tertiary/aromatic N) is 2. The quantitative estimate of drug-likeness (QED) is 0.724. The monoisotopic (exact) mass is 320 g/mol. The average Bonchev–Trinajstić information content (AvgIpc) is 2.53. The number of ether oxygens (including phenoxy) is 1. The van der Waals surface area contributed by atoms with Crippen LogP contribution in [-0.2, 0) is 16.0 Å². The summed E-state index contributed by atoms with van der Waals surface area (Å²) in [6, 6.07) is 6.10. The molecule has 0 unspecified atom stereocenters. The Labute approximate surface area is 138 Å². The first kappa shape index (κ1) is 17.6. The minimum Gasteiger partial charge on any atom is -0.397 e. The fourth-order valence-electron chi connectivity index (χ4n) is 2.62. The number of nitrogens with one attached hydrogen (secondary N) is 1. The Morgan fingerprint density at radius 3 is 2.74 bits per heavy atom. The molecule has 128 valence electrons. The maximum absolute atomic E-state index is 11.8. The lowest BCUT2D eigenvalue weighted by atomic mass is 10.1. The molecule has 1 aliphatic rings. The van der Waals surface area contributed by atoms with Crippen molar-refractivity contribution >= 4 is 17.3 Å². The van der Waals surface area contributed by atoms with Gasteiger partial charge in [-0.25, -0.2) is 0 Å². The van der Waals surface area contributed by atoms with Gasteiger partial charge in [0.2, 0.25) is 5.91 Å². The van der Waals surface area contributed by atoms with Crippen molar-refractivity contribution in [3.8, 4) is 0 Å². The summed E-state index contributed by atoms with van der Waals surface area (Å²) in [4.78, 5) is 16.1. The first-order valence-electron chi connectivity index (χ1n) is 8.19. The Kier molecular flexibility index (Phi) is 6.67. The topological polar surface area (TPSA) is 70.8 Å². The number of rotatable bonds is 7. The fourth-order valence-corrected chi connectivity index (χ4v) is 2.62. The minimum atomic E-state index is 0.0858. The number of amides is 1. The molecule has 6 nitrogen and oxygen atoms in total. The summed E-state index contributed by atoms with van der Waals surface area (Å²) in [6.45, 7) is 4.77. The van der Waals surface area contributed by atoms with Crippen LogP contribution in [0.4, 0.5) is 11.4 Å². The van der Waals surface area contributed by atoms with E-state index in [2.05, 4.69) is 22.3 Å². The molecular weight excluding hydrogens is 292 g/mol. The van der Waals surface area contributed by atoms with Gasteiger partial charge in [-0.05, 0) is 38.2 Å². The van der Waals surface area contributed by atoms with Crippen LogP contribution < -0.4 is 16.0 Å². The van der Waals surface area contributed by atoms with Gasteiger partial charge >= 0.3 is 0 Å². The molecule has 0 bridgehead atoms. The molecule has 1 aromatic carbocycles. The largest absolute Gasteiger partial charge is 0.397 e. The van der Waals surface area contributed by atoms with Crippen LogP contribution in [0.3, 0.4) is 0 Å². The highest BCUT2D eigenvalue weighted by atomic mass is 16.5. The summed E-state index contributed by atoms with van der Waals surface area (Å²) >= 11 is 0. The average molecular weight is 320 g/mol. The van der Waals surface area contributed by atoms with E-state index in [1.54, 1.807) is 0 Å². The summed E-state index contributed by atoms with van der Waals surface area (Å²) in [5.74, 6) is 0.0858. The van der Waals surface area contributed by atoms with Gasteiger partial charge in [-0.15, -0.1) is 0 Å². The van der Waals surface area contributed by atoms with Crippen LogP contribution in [0.2, 0.25) is 0 Å². The highest BCUT2D eigenvalue weighted by molar-refractivity contribution is 5.76. The summed E-state index contributed by atoms with van der Waals surface area (Å²) in [6.07, 6.45) is 1.20. The number of hydrogen-bond donors (Lipinski definition) is 2. The fraction of sp³-hybridized carbons (Fsp3) is 0.588. The van der Waals surface area contributed by atoms with Gasteiger partial charge in [0.25, 0.3) is 0 Å². The molecule has 0 radical (unpaired) electrons. The minimum absolute atomic E-state index is 0.0858. The molecule has 0 saturated carbocycles. The van der Waals surface area contributed by atoms with Crippen LogP contribution in [0, 0.1) is 0 Å². The SMILES string of the molecule is CN(C)CCNC(=O)CCc1ccc(N2CCOCC2)c(N)c1. The molecule has 1 fully saturated rings. The van der Waals surface area contributed by atoms with Crippen LogP contribution in [0.5, 0.6) is 0 Å². The Morgan fingerprint density at radius 1 is 1.35 bits per heavy atom. The van der Waals surface area contributed by atoms with Crippen molar-refractivity contribution in [1.82, 2.24) is 10.2 Å². The number of nitrogen functional groups attached to an aromatic ring is 1. The van der Waals surface area contributed by atoms with E-state index < -0.39 is 0 Å². The lowest BCUT2D eigenvalue weighted by Gasteiger charge is -2.30. The van der Waals surface area contributed by atoms with E-state index >= 15 is 0 Å². The number of benzene rings is 1. The van der Waals surface area contributed by atoms with Gasteiger partial charge in [0, 0.05) is 32.6 Å². The third-order valence-electron chi connectivity index (χ3n) is 3.97. The maximum atomic E-state index is 11.8. The molecule has 0 aromatic heterocycles. The summed E-state index contributed by atoms with van der Waals surface area (Å²) in [7, 11) is 3.98. The van der Waals surface area contributed by atoms with Crippen molar-refractivity contribution in [2.75, 3.05) is 64.1 Å². The molecule has 2 rings (SSSR count). The molecule has 1 amide bonds. The molecule has 0 atom stereocenters. The van der Waals surface area contributed by atoms with Gasteiger partial charge in [-0.2, -0.15) is 0 Å². The summed E-state index contributed by atoms with van der Waals surface area (Å²) in [5, 5.41) is 2.93. The first-order chi connectivity index (χ1) is 11.1. The predicted octanol–water partition coefficient (Wildman–Crippen LogP) is 0.716. The molecule has 6 heteroatoms. The second-order valence-corrected chi connectivity index (χ2v) is 6.15. The van der Waals surface area contributed by atoms with Crippen LogP contribution >= 0.6 is 0 Å². The number of hydrogen-bond acceptors (Lipinski definition) is 5. The maximum Gasteiger partial charge on any atom is 0.220 e. The normalized spacial score (nSPS) is 15.0. The van der Waals surface area contributed by atoms with E-state index in [1.807, 2.05) is 25.1 Å². The highest BCUT2D eigenvalue weighted by Crippen LogP contribution is 2.25. The Balaban J connectivity index is 1.82. The summed E-state index contributed by atoms with van der Waals surface area (Å²) < 4.78 is 5.37. The van der Waals surface area contributed by atoms with Gasteiger partial charge in [0.15, 0.2) is 0 Å². The van der Waals surface area contributed by atoms with Crippen LogP contribution in [0.1, 0.15) is 12.0 Å². The number of morpholine rings is 1. The molecule has 1 aliphatic heterocycles. The number of aryl methyl sites for hydroxylation is 1. The van der Waals surface area contributed by atoms with Gasteiger partial charge in [-0.1, -0.05) is 6.07 Å². The van der Waals surface area contributed by atoms with Crippen molar-refractivity contribution in [2.45, 2.75) is 12.8 Å². The number of likely N-dealkylation sites (N-methyl/N-ethyl adjacent to an activating group) is 1. The van der Waals surface area contributed by atoms with Crippen LogP contribution in [0.25, 0.3) is 0 Å². The van der Waals surface area contributed by atoms with E-state index in [1.165, 1.54) is 0 Å². The molecular formula is C17H28N4O2. The molecule has 0 spiro atoms. The van der Waals surface area contributed by atoms with Crippen LogP contribution in [-0.4, -0.2) is 64.3 Å².